The van der Waals surface area contributed by atoms with Crippen LogP contribution in [0.5, 0.6) is 0 Å². The van der Waals surface area contributed by atoms with Crippen LogP contribution in [0.15, 0.2) is 53.0 Å². The molecule has 0 aliphatic heterocycles. The summed E-state index contributed by atoms with van der Waals surface area (Å²) in [4.78, 5) is 3.93. The first-order chi connectivity index (χ1) is 10.8. The van der Waals surface area contributed by atoms with E-state index < -0.39 is 0 Å². The zero-order valence-electron chi connectivity index (χ0n) is 12.4. The quantitative estimate of drug-likeness (QED) is 0.423. The number of aliphatic imine (C=N–C) groups is 1. The molecule has 0 heterocycles. The van der Waals surface area contributed by atoms with Crippen molar-refractivity contribution in [1.82, 2.24) is 0 Å². The van der Waals surface area contributed by atoms with Gasteiger partial charge in [-0.1, -0.05) is 36.5 Å². The van der Waals surface area contributed by atoms with E-state index in [4.69, 9.17) is 0 Å². The van der Waals surface area contributed by atoms with E-state index in [9.17, 15) is 0 Å². The largest absolute Gasteiger partial charge is 0.195 e. The Labute approximate surface area is 136 Å². The van der Waals surface area contributed by atoms with Gasteiger partial charge in [-0.3, -0.25) is 0 Å². The molecule has 0 saturated heterocycles. The Bertz CT molecular complexity index is 842. The van der Waals surface area contributed by atoms with Gasteiger partial charge in [0.2, 0.25) is 0 Å². The lowest BCUT2D eigenvalue weighted by atomic mass is 10.0. The second kappa shape index (κ2) is 6.54. The van der Waals surface area contributed by atoms with Gasteiger partial charge < -0.3 is 0 Å². The molecule has 2 heteroatoms. The number of hydrogen-bond acceptors (Lipinski definition) is 2. The van der Waals surface area contributed by atoms with Crippen molar-refractivity contribution < 1.29 is 0 Å². The molecule has 2 aromatic rings. The Morgan fingerprint density at radius 2 is 1.77 bits per heavy atom. The second-order valence-electron chi connectivity index (χ2n) is 5.25. The number of benzene rings is 2. The van der Waals surface area contributed by atoms with Gasteiger partial charge in [-0.25, -0.2) is 0 Å². The average Bonchev–Trinajstić information content (AvgIpc) is 2.97. The predicted octanol–water partition coefficient (Wildman–Crippen LogP) is 5.17. The van der Waals surface area contributed by atoms with Crippen LogP contribution in [0, 0.1) is 11.8 Å². The van der Waals surface area contributed by atoms with Crippen LogP contribution in [0.1, 0.15) is 35.6 Å². The summed E-state index contributed by atoms with van der Waals surface area (Å²) in [5.74, 6) is 6.43. The first kappa shape index (κ1) is 14.5. The Morgan fingerprint density at radius 1 is 1.05 bits per heavy atom. The van der Waals surface area contributed by atoms with Crippen molar-refractivity contribution in [2.45, 2.75) is 19.8 Å². The first-order valence-corrected chi connectivity index (χ1v) is 7.71. The maximum absolute atomic E-state index is 4.59. The summed E-state index contributed by atoms with van der Waals surface area (Å²) >= 11 is 4.59. The SMILES string of the molecule is CCC1=Cc2ccc(C#Cc3ccc(N=C=S)cc3)cc2C1. The van der Waals surface area contributed by atoms with Crippen molar-refractivity contribution in [2.24, 2.45) is 4.99 Å². The van der Waals surface area contributed by atoms with Crippen LogP contribution in [0.2, 0.25) is 0 Å². The zero-order chi connectivity index (χ0) is 15.4. The number of fused-ring (bicyclic) bond motifs is 1. The number of allylic oxidation sites excluding steroid dienone is 1. The van der Waals surface area contributed by atoms with Crippen LogP contribution in [0.3, 0.4) is 0 Å². The topological polar surface area (TPSA) is 12.4 Å². The molecular formula is C20H15NS. The number of nitrogens with zero attached hydrogens (tertiary/aromatic N) is 1. The molecule has 0 bridgehead atoms. The first-order valence-electron chi connectivity index (χ1n) is 7.31. The van der Waals surface area contributed by atoms with Crippen molar-refractivity contribution in [3.05, 3.63) is 70.3 Å². The third-order valence-corrected chi connectivity index (χ3v) is 3.86. The fourth-order valence-corrected chi connectivity index (χ4v) is 2.64. The van der Waals surface area contributed by atoms with Crippen LogP contribution in [-0.4, -0.2) is 5.16 Å². The smallest absolute Gasteiger partial charge is 0.0740 e. The van der Waals surface area contributed by atoms with E-state index in [-0.39, 0.29) is 0 Å². The van der Waals surface area contributed by atoms with Crippen molar-refractivity contribution in [3.63, 3.8) is 0 Å². The van der Waals surface area contributed by atoms with Gasteiger partial charge in [0.15, 0.2) is 0 Å². The normalized spacial score (nSPS) is 11.8. The summed E-state index contributed by atoms with van der Waals surface area (Å²) in [5.41, 5.74) is 7.05. The number of isothiocyanates is 1. The Hall–Kier alpha value is -2.46. The summed E-state index contributed by atoms with van der Waals surface area (Å²) in [6, 6.07) is 14.1. The van der Waals surface area contributed by atoms with Gasteiger partial charge in [0, 0.05) is 11.1 Å². The van der Waals surface area contributed by atoms with E-state index in [0.717, 1.165) is 29.7 Å². The minimum absolute atomic E-state index is 0.802. The molecule has 3 rings (SSSR count). The Kier molecular flexibility index (Phi) is 4.30. The Morgan fingerprint density at radius 3 is 2.50 bits per heavy atom. The van der Waals surface area contributed by atoms with Gasteiger partial charge in [-0.2, -0.15) is 4.99 Å². The maximum atomic E-state index is 4.59. The highest BCUT2D eigenvalue weighted by Crippen LogP contribution is 2.27. The molecule has 0 atom stereocenters. The standard InChI is InChI=1S/C20H15NS/c1-2-15-11-18-8-5-17(13-19(18)12-15)4-3-16-6-9-20(10-7-16)21-14-22/h5-11,13H,2,12H2,1H3. The monoisotopic (exact) mass is 301 g/mol. The van der Waals surface area contributed by atoms with Gasteiger partial charge in [0.05, 0.1) is 10.8 Å². The summed E-state index contributed by atoms with van der Waals surface area (Å²) in [6.07, 6.45) is 4.47. The fraction of sp³-hybridized carbons (Fsp3) is 0.150. The van der Waals surface area contributed by atoms with E-state index in [2.05, 4.69) is 65.4 Å². The molecule has 1 aliphatic rings. The lowest BCUT2D eigenvalue weighted by molar-refractivity contribution is 1.04. The van der Waals surface area contributed by atoms with E-state index in [1.807, 2.05) is 24.3 Å². The van der Waals surface area contributed by atoms with Crippen LogP contribution >= 0.6 is 12.2 Å². The van der Waals surface area contributed by atoms with E-state index in [1.54, 1.807) is 0 Å². The lowest BCUT2D eigenvalue weighted by Crippen LogP contribution is -1.86. The van der Waals surface area contributed by atoms with E-state index in [1.165, 1.54) is 16.7 Å². The van der Waals surface area contributed by atoms with Gasteiger partial charge in [-0.05, 0) is 72.6 Å². The Balaban J connectivity index is 1.80. The number of rotatable bonds is 2. The minimum Gasteiger partial charge on any atom is -0.195 e. The third-order valence-electron chi connectivity index (χ3n) is 3.77. The molecular weight excluding hydrogens is 286 g/mol. The number of hydrogen-bond donors (Lipinski definition) is 0. The maximum Gasteiger partial charge on any atom is 0.0740 e. The average molecular weight is 301 g/mol. The van der Waals surface area contributed by atoms with Crippen molar-refractivity contribution in [3.8, 4) is 11.8 Å². The second-order valence-corrected chi connectivity index (χ2v) is 5.43. The molecule has 106 valence electrons. The van der Waals surface area contributed by atoms with Gasteiger partial charge in [0.1, 0.15) is 0 Å². The molecule has 0 radical (unpaired) electrons. The van der Waals surface area contributed by atoms with Gasteiger partial charge in [-0.15, -0.1) is 0 Å². The highest BCUT2D eigenvalue weighted by Gasteiger charge is 2.10. The molecule has 0 N–H and O–H groups in total. The van der Waals surface area contributed by atoms with Crippen LogP contribution in [-0.2, 0) is 6.42 Å². The molecule has 22 heavy (non-hydrogen) atoms. The molecule has 0 spiro atoms. The zero-order valence-corrected chi connectivity index (χ0v) is 13.2. The fourth-order valence-electron chi connectivity index (χ4n) is 2.54. The molecule has 0 aromatic heterocycles. The summed E-state index contributed by atoms with van der Waals surface area (Å²) in [5, 5.41) is 2.36. The highest BCUT2D eigenvalue weighted by molar-refractivity contribution is 7.78. The number of thiocarbonyl (C=S) groups is 1. The van der Waals surface area contributed by atoms with Crippen molar-refractivity contribution in [2.75, 3.05) is 0 Å². The van der Waals surface area contributed by atoms with Crippen LogP contribution in [0.4, 0.5) is 5.69 Å². The van der Waals surface area contributed by atoms with Crippen molar-refractivity contribution in [1.29, 1.82) is 0 Å². The van der Waals surface area contributed by atoms with Crippen molar-refractivity contribution >= 4 is 29.1 Å². The molecule has 0 fully saturated rings. The van der Waals surface area contributed by atoms with Crippen LogP contribution in [0.25, 0.3) is 6.08 Å². The molecule has 0 unspecified atom stereocenters. The molecule has 1 nitrogen and oxygen atoms in total. The third kappa shape index (κ3) is 3.23. The van der Waals surface area contributed by atoms with E-state index in [0.29, 0.717) is 0 Å². The minimum atomic E-state index is 0.802. The molecule has 2 aromatic carbocycles. The summed E-state index contributed by atoms with van der Waals surface area (Å²) < 4.78 is 0. The predicted molar refractivity (Wildman–Crippen MR) is 95.5 cm³/mol. The summed E-state index contributed by atoms with van der Waals surface area (Å²) in [7, 11) is 0. The molecule has 0 saturated carbocycles. The molecule has 1 aliphatic carbocycles. The lowest BCUT2D eigenvalue weighted by Gasteiger charge is -1.99. The summed E-state index contributed by atoms with van der Waals surface area (Å²) in [6.45, 7) is 2.20. The highest BCUT2D eigenvalue weighted by atomic mass is 32.1. The van der Waals surface area contributed by atoms with E-state index >= 15 is 0 Å². The van der Waals surface area contributed by atoms with Crippen LogP contribution < -0.4 is 0 Å². The van der Waals surface area contributed by atoms with Gasteiger partial charge >= 0.3 is 0 Å². The van der Waals surface area contributed by atoms with Gasteiger partial charge in [0.25, 0.3) is 0 Å². The molecule has 0 amide bonds.